The molecule has 1 aromatic rings. The second kappa shape index (κ2) is 6.00. The van der Waals surface area contributed by atoms with Crippen molar-refractivity contribution in [1.82, 2.24) is 9.62 Å². The van der Waals surface area contributed by atoms with Crippen LogP contribution in [0.5, 0.6) is 0 Å². The van der Waals surface area contributed by atoms with Crippen LogP contribution in [0.3, 0.4) is 0 Å². The normalized spacial score (nSPS) is 22.2. The zero-order valence-corrected chi connectivity index (χ0v) is 13.4. The van der Waals surface area contributed by atoms with Crippen LogP contribution in [0.1, 0.15) is 19.3 Å². The third-order valence-corrected chi connectivity index (χ3v) is 7.35. The minimum Gasteiger partial charge on any atom is -0.302 e. The van der Waals surface area contributed by atoms with Gasteiger partial charge in [0, 0.05) is 17.1 Å². The largest absolute Gasteiger partial charge is 0.302 e. The van der Waals surface area contributed by atoms with Crippen LogP contribution in [0, 0.1) is 0 Å². The van der Waals surface area contributed by atoms with Crippen molar-refractivity contribution in [3.8, 4) is 0 Å². The van der Waals surface area contributed by atoms with Gasteiger partial charge < -0.3 is 4.90 Å². The molecule has 4 nitrogen and oxygen atoms in total. The average molecular weight is 353 g/mol. The Kier molecular flexibility index (Phi) is 4.82. The van der Waals surface area contributed by atoms with Gasteiger partial charge >= 0.3 is 0 Å². The second-order valence-corrected chi connectivity index (χ2v) is 8.27. The van der Waals surface area contributed by atoms with E-state index in [9.17, 15) is 8.42 Å². The number of nitrogens with zero attached hydrogens (tertiary/aromatic N) is 1. The van der Waals surface area contributed by atoms with E-state index in [4.69, 9.17) is 0 Å². The number of likely N-dealkylation sites (tertiary alicyclic amines) is 1. The monoisotopic (exact) mass is 352 g/mol. The maximum atomic E-state index is 12.1. The Morgan fingerprint density at radius 3 is 2.94 bits per heavy atom. The molecular weight excluding hydrogens is 336 g/mol. The van der Waals surface area contributed by atoms with E-state index < -0.39 is 10.0 Å². The summed E-state index contributed by atoms with van der Waals surface area (Å²) in [5, 5.41) is 1.77. The molecule has 7 heteroatoms. The smallest absolute Gasteiger partial charge is 0.251 e. The predicted octanol–water partition coefficient (Wildman–Crippen LogP) is 2.27. The van der Waals surface area contributed by atoms with Gasteiger partial charge in [0.05, 0.1) is 0 Å². The summed E-state index contributed by atoms with van der Waals surface area (Å²) in [6, 6.07) is 2.07. The molecule has 102 valence electrons. The first kappa shape index (κ1) is 14.5. The molecule has 0 aromatic carbocycles. The van der Waals surface area contributed by atoms with E-state index in [-0.39, 0.29) is 0 Å². The number of piperidine rings is 1. The number of thiophene rings is 1. The van der Waals surface area contributed by atoms with E-state index in [1.165, 1.54) is 24.2 Å². The molecule has 0 radical (unpaired) electrons. The van der Waals surface area contributed by atoms with E-state index >= 15 is 0 Å². The molecule has 2 heterocycles. The zero-order chi connectivity index (χ0) is 13.2. The van der Waals surface area contributed by atoms with E-state index in [0.717, 1.165) is 13.0 Å². The van der Waals surface area contributed by atoms with Crippen LogP contribution in [-0.2, 0) is 10.0 Å². The SMILES string of the molecule is CN1CCCCC1CNS(=O)(=O)c1sccc1Br. The summed E-state index contributed by atoms with van der Waals surface area (Å²) in [5.74, 6) is 0. The molecule has 0 spiro atoms. The van der Waals surface area contributed by atoms with Crippen molar-refractivity contribution in [1.29, 1.82) is 0 Å². The number of rotatable bonds is 4. The highest BCUT2D eigenvalue weighted by Crippen LogP contribution is 2.27. The van der Waals surface area contributed by atoms with Gasteiger partial charge in [-0.2, -0.15) is 0 Å². The van der Waals surface area contributed by atoms with Crippen LogP contribution >= 0.6 is 27.3 Å². The molecule has 1 saturated heterocycles. The summed E-state index contributed by atoms with van der Waals surface area (Å²) < 4.78 is 27.9. The van der Waals surface area contributed by atoms with Gasteiger partial charge in [-0.15, -0.1) is 11.3 Å². The number of nitrogens with one attached hydrogen (secondary N) is 1. The first-order valence-electron chi connectivity index (χ1n) is 5.93. The lowest BCUT2D eigenvalue weighted by Crippen LogP contribution is -2.44. The molecule has 0 bridgehead atoms. The molecule has 1 atom stereocenters. The molecule has 0 saturated carbocycles. The Morgan fingerprint density at radius 1 is 1.56 bits per heavy atom. The van der Waals surface area contributed by atoms with Gasteiger partial charge in [-0.05, 0) is 53.8 Å². The summed E-state index contributed by atoms with van der Waals surface area (Å²) >= 11 is 4.49. The molecule has 1 aromatic heterocycles. The fourth-order valence-corrected chi connectivity index (χ4v) is 5.60. The number of hydrogen-bond donors (Lipinski definition) is 1. The molecular formula is C11H17BrN2O2S2. The fourth-order valence-electron chi connectivity index (χ4n) is 2.15. The Labute approximate surface area is 121 Å². The summed E-state index contributed by atoms with van der Waals surface area (Å²) in [4.78, 5) is 2.23. The van der Waals surface area contributed by atoms with Crippen LogP contribution in [0.25, 0.3) is 0 Å². The van der Waals surface area contributed by atoms with Crippen molar-refractivity contribution in [3.05, 3.63) is 15.9 Å². The van der Waals surface area contributed by atoms with Gasteiger partial charge in [0.25, 0.3) is 10.0 Å². The van der Waals surface area contributed by atoms with Crippen LogP contribution in [0.2, 0.25) is 0 Å². The third-order valence-electron chi connectivity index (χ3n) is 3.26. The molecule has 1 aliphatic rings. The Morgan fingerprint density at radius 2 is 2.33 bits per heavy atom. The Bertz CT molecular complexity index is 501. The second-order valence-electron chi connectivity index (χ2n) is 4.54. The lowest BCUT2D eigenvalue weighted by molar-refractivity contribution is 0.187. The molecule has 18 heavy (non-hydrogen) atoms. The summed E-state index contributed by atoms with van der Waals surface area (Å²) in [6.07, 6.45) is 3.44. The van der Waals surface area contributed by atoms with Crippen molar-refractivity contribution in [3.63, 3.8) is 0 Å². The van der Waals surface area contributed by atoms with Crippen molar-refractivity contribution >= 4 is 37.3 Å². The fraction of sp³-hybridized carbons (Fsp3) is 0.636. The van der Waals surface area contributed by atoms with Gasteiger partial charge in [-0.1, -0.05) is 6.42 Å². The molecule has 1 unspecified atom stereocenters. The summed E-state index contributed by atoms with van der Waals surface area (Å²) in [7, 11) is -1.32. The number of likely N-dealkylation sites (N-methyl/N-ethyl adjacent to an activating group) is 1. The third kappa shape index (κ3) is 3.33. The van der Waals surface area contributed by atoms with Crippen LogP contribution in [-0.4, -0.2) is 39.5 Å². The van der Waals surface area contributed by atoms with Crippen LogP contribution < -0.4 is 4.72 Å². The molecule has 2 rings (SSSR count). The summed E-state index contributed by atoms with van der Waals surface area (Å²) in [5.41, 5.74) is 0. The minimum absolute atomic E-state index is 0.312. The minimum atomic E-state index is -3.38. The van der Waals surface area contributed by atoms with Gasteiger partial charge in [0.15, 0.2) is 0 Å². The van der Waals surface area contributed by atoms with Crippen molar-refractivity contribution < 1.29 is 8.42 Å². The quantitative estimate of drug-likeness (QED) is 0.904. The molecule has 1 N–H and O–H groups in total. The van der Waals surface area contributed by atoms with Crippen LogP contribution in [0.4, 0.5) is 0 Å². The number of hydrogen-bond acceptors (Lipinski definition) is 4. The standard InChI is InChI=1S/C11H17BrN2O2S2/c1-14-6-3-2-4-9(14)8-13-18(15,16)11-10(12)5-7-17-11/h5,7,9,13H,2-4,6,8H2,1H3. The molecule has 1 aliphatic heterocycles. The van der Waals surface area contributed by atoms with Crippen molar-refractivity contribution in [2.45, 2.75) is 29.5 Å². The lowest BCUT2D eigenvalue weighted by Gasteiger charge is -2.32. The van der Waals surface area contributed by atoms with Gasteiger partial charge in [-0.3, -0.25) is 0 Å². The Balaban J connectivity index is 1.99. The van der Waals surface area contributed by atoms with E-state index in [0.29, 0.717) is 21.3 Å². The molecule has 0 amide bonds. The van der Waals surface area contributed by atoms with Gasteiger partial charge in [0.2, 0.25) is 0 Å². The van der Waals surface area contributed by atoms with Gasteiger partial charge in [-0.25, -0.2) is 13.1 Å². The number of sulfonamides is 1. The highest BCUT2D eigenvalue weighted by atomic mass is 79.9. The van der Waals surface area contributed by atoms with Gasteiger partial charge in [0.1, 0.15) is 4.21 Å². The lowest BCUT2D eigenvalue weighted by atomic mass is 10.0. The van der Waals surface area contributed by atoms with E-state index in [1.807, 2.05) is 0 Å². The molecule has 1 fully saturated rings. The first-order valence-corrected chi connectivity index (χ1v) is 9.09. The maximum absolute atomic E-state index is 12.1. The topological polar surface area (TPSA) is 49.4 Å². The summed E-state index contributed by atoms with van der Waals surface area (Å²) in [6.45, 7) is 1.54. The average Bonchev–Trinajstić information content (AvgIpc) is 2.75. The first-order chi connectivity index (χ1) is 8.50. The zero-order valence-electron chi connectivity index (χ0n) is 10.2. The predicted molar refractivity (Wildman–Crippen MR) is 77.5 cm³/mol. The highest BCUT2D eigenvalue weighted by Gasteiger charge is 2.23. The van der Waals surface area contributed by atoms with E-state index in [1.54, 1.807) is 11.4 Å². The molecule has 0 aliphatic carbocycles. The Hall–Kier alpha value is 0.0500. The maximum Gasteiger partial charge on any atom is 0.251 e. The van der Waals surface area contributed by atoms with Crippen molar-refractivity contribution in [2.75, 3.05) is 20.1 Å². The van der Waals surface area contributed by atoms with Crippen molar-refractivity contribution in [2.24, 2.45) is 0 Å². The number of halogens is 1. The van der Waals surface area contributed by atoms with Crippen LogP contribution in [0.15, 0.2) is 20.1 Å². The van der Waals surface area contributed by atoms with E-state index in [2.05, 4.69) is 32.6 Å². The highest BCUT2D eigenvalue weighted by molar-refractivity contribution is 9.10.